The number of nitrogens with one attached hydrogen (secondary N) is 1. The van der Waals surface area contributed by atoms with Gasteiger partial charge in [0.15, 0.2) is 11.5 Å². The first-order valence-corrected chi connectivity index (χ1v) is 7.99. The number of ether oxygens (including phenoxy) is 2. The van der Waals surface area contributed by atoms with Crippen LogP contribution in [-0.2, 0) is 9.59 Å². The van der Waals surface area contributed by atoms with Gasteiger partial charge in [0, 0.05) is 0 Å². The van der Waals surface area contributed by atoms with Crippen molar-refractivity contribution in [2.45, 2.75) is 25.3 Å². The van der Waals surface area contributed by atoms with Gasteiger partial charge in [-0.15, -0.1) is 0 Å². The number of hydrogen-bond donors (Lipinski definition) is 2. The summed E-state index contributed by atoms with van der Waals surface area (Å²) in [6, 6.07) is 4.53. The highest BCUT2D eigenvalue weighted by molar-refractivity contribution is 5.79. The molecule has 24 heavy (non-hydrogen) atoms. The predicted octanol–water partition coefficient (Wildman–Crippen LogP) is 1.43. The van der Waals surface area contributed by atoms with Crippen LogP contribution < -0.4 is 14.8 Å². The van der Waals surface area contributed by atoms with E-state index in [1.807, 2.05) is 0 Å². The minimum atomic E-state index is -0.976. The van der Waals surface area contributed by atoms with Crippen LogP contribution in [0.2, 0.25) is 0 Å². The Morgan fingerprint density at radius 2 is 1.88 bits per heavy atom. The highest BCUT2D eigenvalue weighted by atomic mass is 16.5. The van der Waals surface area contributed by atoms with E-state index < -0.39 is 12.0 Å². The van der Waals surface area contributed by atoms with Gasteiger partial charge in [0.1, 0.15) is 0 Å². The van der Waals surface area contributed by atoms with Gasteiger partial charge in [-0.1, -0.05) is 6.07 Å². The largest absolute Gasteiger partial charge is 0.493 e. The fourth-order valence-electron chi connectivity index (χ4n) is 2.88. The Kier molecular flexibility index (Phi) is 6.43. The van der Waals surface area contributed by atoms with Crippen molar-refractivity contribution >= 4 is 11.9 Å². The molecule has 0 radical (unpaired) electrons. The Hall–Kier alpha value is -2.28. The minimum absolute atomic E-state index is 0.169. The molecule has 7 heteroatoms. The van der Waals surface area contributed by atoms with Gasteiger partial charge in [0.25, 0.3) is 0 Å². The minimum Gasteiger partial charge on any atom is -0.493 e. The van der Waals surface area contributed by atoms with Gasteiger partial charge in [0.2, 0.25) is 5.91 Å². The highest BCUT2D eigenvalue weighted by Gasteiger charge is 2.22. The molecule has 1 saturated heterocycles. The molecule has 0 aromatic heterocycles. The lowest BCUT2D eigenvalue weighted by atomic mass is 10.0. The van der Waals surface area contributed by atoms with Crippen LogP contribution in [0.1, 0.15) is 30.9 Å². The Balaban J connectivity index is 2.12. The molecule has 1 fully saturated rings. The molecule has 0 aliphatic carbocycles. The molecule has 1 unspecified atom stereocenters. The first kappa shape index (κ1) is 18.1. The molecule has 0 saturated carbocycles. The topological polar surface area (TPSA) is 88.1 Å². The normalized spacial score (nSPS) is 15.8. The number of nitrogens with zero attached hydrogens (tertiary/aromatic N) is 1. The first-order chi connectivity index (χ1) is 11.5. The van der Waals surface area contributed by atoms with E-state index >= 15 is 0 Å². The second-order valence-corrected chi connectivity index (χ2v) is 5.82. The van der Waals surface area contributed by atoms with E-state index in [4.69, 9.17) is 14.6 Å². The van der Waals surface area contributed by atoms with Crippen LogP contribution in [0.25, 0.3) is 0 Å². The van der Waals surface area contributed by atoms with Crippen LogP contribution in [0.5, 0.6) is 11.5 Å². The van der Waals surface area contributed by atoms with E-state index in [-0.39, 0.29) is 12.3 Å². The standard InChI is InChI=1S/C17H24N2O5/c1-23-14-6-5-12(9-15(14)24-2)13(10-17(21)22)18-16(20)11-19-7-3-4-8-19/h5-6,9,13H,3-4,7-8,10-11H2,1-2H3,(H,18,20)(H,21,22). The van der Waals surface area contributed by atoms with Gasteiger partial charge in [-0.25, -0.2) is 0 Å². The molecule has 1 aliphatic heterocycles. The van der Waals surface area contributed by atoms with Crippen molar-refractivity contribution in [3.8, 4) is 11.5 Å². The molecule has 0 spiro atoms. The number of carboxylic acid groups (broad SMARTS) is 1. The molecule has 2 N–H and O–H groups in total. The van der Waals surface area contributed by atoms with Crippen LogP contribution in [0, 0.1) is 0 Å². The third-order valence-corrected chi connectivity index (χ3v) is 4.09. The van der Waals surface area contributed by atoms with Crippen molar-refractivity contribution in [2.75, 3.05) is 33.9 Å². The predicted molar refractivity (Wildman–Crippen MR) is 88.4 cm³/mol. The smallest absolute Gasteiger partial charge is 0.305 e. The number of carbonyl (C=O) groups is 2. The maximum atomic E-state index is 12.2. The molecular weight excluding hydrogens is 312 g/mol. The lowest BCUT2D eigenvalue weighted by Crippen LogP contribution is -2.38. The number of hydrogen-bond acceptors (Lipinski definition) is 5. The average molecular weight is 336 g/mol. The van der Waals surface area contributed by atoms with Gasteiger partial charge in [0.05, 0.1) is 33.2 Å². The molecule has 7 nitrogen and oxygen atoms in total. The number of likely N-dealkylation sites (tertiary alicyclic amines) is 1. The van der Waals surface area contributed by atoms with Crippen LogP contribution >= 0.6 is 0 Å². The molecule has 1 aliphatic rings. The summed E-state index contributed by atoms with van der Waals surface area (Å²) in [5.74, 6) is -0.0907. The van der Waals surface area contributed by atoms with E-state index in [0.29, 0.717) is 23.6 Å². The number of rotatable bonds is 8. The first-order valence-electron chi connectivity index (χ1n) is 7.99. The fraction of sp³-hybridized carbons (Fsp3) is 0.529. The summed E-state index contributed by atoms with van der Waals surface area (Å²) in [7, 11) is 3.05. The zero-order chi connectivity index (χ0) is 17.5. The van der Waals surface area contributed by atoms with Crippen molar-refractivity contribution < 1.29 is 24.2 Å². The lowest BCUT2D eigenvalue weighted by molar-refractivity contribution is -0.137. The number of amides is 1. The number of carbonyl (C=O) groups excluding carboxylic acids is 1. The van der Waals surface area contributed by atoms with Crippen LogP contribution in [0.3, 0.4) is 0 Å². The van der Waals surface area contributed by atoms with Gasteiger partial charge in [-0.05, 0) is 43.6 Å². The fourth-order valence-corrected chi connectivity index (χ4v) is 2.88. The van der Waals surface area contributed by atoms with E-state index in [9.17, 15) is 9.59 Å². The number of aliphatic carboxylic acids is 1. The SMILES string of the molecule is COc1ccc(C(CC(=O)O)NC(=O)CN2CCCC2)cc1OC. The maximum absolute atomic E-state index is 12.2. The third-order valence-electron chi connectivity index (χ3n) is 4.09. The van der Waals surface area contributed by atoms with Gasteiger partial charge in [-0.2, -0.15) is 0 Å². The average Bonchev–Trinajstić information content (AvgIpc) is 3.05. The van der Waals surface area contributed by atoms with Gasteiger partial charge >= 0.3 is 5.97 Å². The lowest BCUT2D eigenvalue weighted by Gasteiger charge is -2.21. The molecule has 2 rings (SSSR count). The molecule has 0 bridgehead atoms. The monoisotopic (exact) mass is 336 g/mol. The van der Waals surface area contributed by atoms with Crippen LogP contribution in [0.15, 0.2) is 18.2 Å². The maximum Gasteiger partial charge on any atom is 0.305 e. The Morgan fingerprint density at radius 3 is 2.46 bits per heavy atom. The van der Waals surface area contributed by atoms with Crippen molar-refractivity contribution in [2.24, 2.45) is 0 Å². The third kappa shape index (κ3) is 4.86. The van der Waals surface area contributed by atoms with Crippen LogP contribution in [0.4, 0.5) is 0 Å². The summed E-state index contributed by atoms with van der Waals surface area (Å²) < 4.78 is 10.4. The zero-order valence-corrected chi connectivity index (χ0v) is 14.1. The quantitative estimate of drug-likeness (QED) is 0.747. The molecule has 1 aromatic carbocycles. The van der Waals surface area contributed by atoms with Gasteiger partial charge in [-0.3, -0.25) is 14.5 Å². The Labute approximate surface area is 141 Å². The summed E-state index contributed by atoms with van der Waals surface area (Å²) in [6.07, 6.45) is 2.00. The number of methoxy groups -OCH3 is 2. The van der Waals surface area contributed by atoms with Crippen molar-refractivity contribution in [3.63, 3.8) is 0 Å². The second-order valence-electron chi connectivity index (χ2n) is 5.82. The zero-order valence-electron chi connectivity index (χ0n) is 14.1. The van der Waals surface area contributed by atoms with E-state index in [0.717, 1.165) is 25.9 Å². The molecule has 1 heterocycles. The highest BCUT2D eigenvalue weighted by Crippen LogP contribution is 2.31. The summed E-state index contributed by atoms with van der Waals surface area (Å²) in [5.41, 5.74) is 0.671. The summed E-state index contributed by atoms with van der Waals surface area (Å²) in [6.45, 7) is 2.12. The Bertz CT molecular complexity index is 584. The summed E-state index contributed by atoms with van der Waals surface area (Å²) >= 11 is 0. The molecule has 1 amide bonds. The summed E-state index contributed by atoms with van der Waals surface area (Å²) in [4.78, 5) is 25.5. The Morgan fingerprint density at radius 1 is 1.21 bits per heavy atom. The second kappa shape index (κ2) is 8.54. The van der Waals surface area contributed by atoms with Crippen molar-refractivity contribution in [3.05, 3.63) is 23.8 Å². The van der Waals surface area contributed by atoms with Crippen LogP contribution in [-0.4, -0.2) is 55.7 Å². The van der Waals surface area contributed by atoms with Crippen molar-refractivity contribution in [1.82, 2.24) is 10.2 Å². The van der Waals surface area contributed by atoms with E-state index in [1.54, 1.807) is 18.2 Å². The van der Waals surface area contributed by atoms with E-state index in [2.05, 4.69) is 10.2 Å². The molecule has 1 aromatic rings. The number of benzene rings is 1. The van der Waals surface area contributed by atoms with Gasteiger partial charge < -0.3 is 19.9 Å². The van der Waals surface area contributed by atoms with Crippen molar-refractivity contribution in [1.29, 1.82) is 0 Å². The number of carboxylic acids is 1. The van der Waals surface area contributed by atoms with E-state index in [1.165, 1.54) is 14.2 Å². The summed E-state index contributed by atoms with van der Waals surface area (Å²) in [5, 5.41) is 12.0. The molecular formula is C17H24N2O5. The molecule has 132 valence electrons. The molecule has 1 atom stereocenters.